The summed E-state index contributed by atoms with van der Waals surface area (Å²) in [7, 11) is 1.98. The topological polar surface area (TPSA) is 110 Å². The summed E-state index contributed by atoms with van der Waals surface area (Å²) in [5, 5.41) is 0. The highest BCUT2D eigenvalue weighted by atomic mass is 32.2. The second-order valence-corrected chi connectivity index (χ2v) is 10.0. The maximum atomic E-state index is 13.3. The second kappa shape index (κ2) is 11.2. The first-order valence-corrected chi connectivity index (χ1v) is 13.4. The molecule has 0 bridgehead atoms. The highest BCUT2D eigenvalue weighted by Crippen LogP contribution is 2.48. The molecule has 1 aliphatic rings. The molecule has 1 heterocycles. The fourth-order valence-corrected chi connectivity index (χ4v) is 4.85. The van der Waals surface area contributed by atoms with Crippen molar-refractivity contribution >= 4 is 21.7 Å². The first-order chi connectivity index (χ1) is 18.2. The Morgan fingerprint density at radius 2 is 1.42 bits per heavy atom. The number of β-lactam (4-membered cyclic amide) rings is 1. The van der Waals surface area contributed by atoms with E-state index >= 15 is 0 Å². The molecule has 1 saturated heterocycles. The third-order valence-corrected chi connectivity index (χ3v) is 6.58. The van der Waals surface area contributed by atoms with E-state index in [0.717, 1.165) is 11.8 Å². The van der Waals surface area contributed by atoms with Gasteiger partial charge in [0.2, 0.25) is 5.75 Å². The molecular formula is C27H29NO9S. The summed E-state index contributed by atoms with van der Waals surface area (Å²) in [6, 6.07) is 17.2. The van der Waals surface area contributed by atoms with Crippen molar-refractivity contribution in [2.24, 2.45) is 0 Å². The van der Waals surface area contributed by atoms with E-state index in [0.29, 0.717) is 40.0 Å². The van der Waals surface area contributed by atoms with Gasteiger partial charge in [-0.2, -0.15) is 8.42 Å². The monoisotopic (exact) mass is 543 g/mol. The van der Waals surface area contributed by atoms with Gasteiger partial charge in [-0.25, -0.2) is 0 Å². The van der Waals surface area contributed by atoms with E-state index in [1.165, 1.54) is 33.3 Å². The lowest BCUT2D eigenvalue weighted by molar-refractivity contribution is -0.134. The Kier molecular flexibility index (Phi) is 7.98. The minimum atomic E-state index is -3.94. The van der Waals surface area contributed by atoms with E-state index < -0.39 is 28.2 Å². The third kappa shape index (κ3) is 5.48. The quantitative estimate of drug-likeness (QED) is 0.264. The number of rotatable bonds is 11. The van der Waals surface area contributed by atoms with Crippen LogP contribution in [0, 0.1) is 0 Å². The van der Waals surface area contributed by atoms with Gasteiger partial charge in [0, 0.05) is 12.1 Å². The summed E-state index contributed by atoms with van der Waals surface area (Å²) in [5.74, 6) is 1.39. The highest BCUT2D eigenvalue weighted by Gasteiger charge is 2.52. The summed E-state index contributed by atoms with van der Waals surface area (Å²) >= 11 is 0. The summed E-state index contributed by atoms with van der Waals surface area (Å²) in [4.78, 5) is 14.7. The van der Waals surface area contributed by atoms with Gasteiger partial charge < -0.3 is 23.7 Å². The van der Waals surface area contributed by atoms with Crippen LogP contribution in [0.2, 0.25) is 0 Å². The highest BCUT2D eigenvalue weighted by molar-refractivity contribution is 7.86. The molecule has 2 unspecified atom stereocenters. The van der Waals surface area contributed by atoms with Crippen LogP contribution in [0.1, 0.15) is 17.2 Å². The molecule has 0 aliphatic carbocycles. The molecule has 11 heteroatoms. The van der Waals surface area contributed by atoms with Crippen molar-refractivity contribution in [3.05, 3.63) is 71.8 Å². The average Bonchev–Trinajstić information content (AvgIpc) is 2.92. The Hall–Kier alpha value is -3.96. The number of benzene rings is 3. The fraction of sp³-hybridized carbons (Fsp3) is 0.296. The number of amides is 1. The van der Waals surface area contributed by atoms with Crippen molar-refractivity contribution in [1.82, 2.24) is 0 Å². The first kappa shape index (κ1) is 27.1. The minimum absolute atomic E-state index is 0.282. The Labute approximate surface area is 221 Å². The second-order valence-electron chi connectivity index (χ2n) is 8.44. The van der Waals surface area contributed by atoms with E-state index in [2.05, 4.69) is 0 Å². The molecule has 1 amide bonds. The maximum Gasteiger partial charge on any atom is 0.265 e. The number of carbonyl (C=O) groups is 1. The molecule has 4 rings (SSSR count). The zero-order chi connectivity index (χ0) is 27.4. The molecule has 3 aromatic rings. The molecule has 0 saturated carbocycles. The molecule has 0 aromatic heterocycles. The Bertz CT molecular complexity index is 1380. The molecular weight excluding hydrogens is 514 g/mol. The van der Waals surface area contributed by atoms with Crippen molar-refractivity contribution < 1.29 is 41.1 Å². The van der Waals surface area contributed by atoms with E-state index in [9.17, 15) is 13.2 Å². The zero-order valence-corrected chi connectivity index (χ0v) is 22.5. The zero-order valence-electron chi connectivity index (χ0n) is 21.7. The summed E-state index contributed by atoms with van der Waals surface area (Å²) in [6.07, 6.45) is -0.374. The predicted octanol–water partition coefficient (Wildman–Crippen LogP) is 3.73. The van der Waals surface area contributed by atoms with Crippen LogP contribution < -0.4 is 28.6 Å². The van der Waals surface area contributed by atoms with Crippen LogP contribution in [0.4, 0.5) is 5.69 Å². The number of nitrogens with zero attached hydrogens (tertiary/aromatic N) is 1. The van der Waals surface area contributed by atoms with E-state index in [4.69, 9.17) is 27.9 Å². The fourth-order valence-electron chi connectivity index (χ4n) is 4.29. The Morgan fingerprint density at radius 1 is 0.789 bits per heavy atom. The van der Waals surface area contributed by atoms with Gasteiger partial charge in [-0.3, -0.25) is 13.9 Å². The van der Waals surface area contributed by atoms with Crippen LogP contribution in [0.3, 0.4) is 0 Å². The smallest absolute Gasteiger partial charge is 0.265 e. The summed E-state index contributed by atoms with van der Waals surface area (Å²) in [5.41, 5.74) is 1.94. The number of hydrogen-bond donors (Lipinski definition) is 0. The van der Waals surface area contributed by atoms with Gasteiger partial charge in [0.25, 0.3) is 16.0 Å². The number of carbonyl (C=O) groups excluding carboxylic acids is 1. The molecule has 2 atom stereocenters. The number of ether oxygens (including phenoxy) is 5. The normalized spacial score (nSPS) is 17.0. The molecule has 1 fully saturated rings. The van der Waals surface area contributed by atoms with Crippen LogP contribution in [-0.4, -0.2) is 55.1 Å². The van der Waals surface area contributed by atoms with Crippen LogP contribution >= 0.6 is 0 Å². The van der Waals surface area contributed by atoms with E-state index in [-0.39, 0.29) is 6.61 Å². The number of hydrogen-bond acceptors (Lipinski definition) is 9. The summed E-state index contributed by atoms with van der Waals surface area (Å²) < 4.78 is 57.0. The van der Waals surface area contributed by atoms with Crippen LogP contribution in [0.5, 0.6) is 28.7 Å². The third-order valence-electron chi connectivity index (χ3n) is 6.02. The van der Waals surface area contributed by atoms with Gasteiger partial charge in [0.05, 0.1) is 46.4 Å². The van der Waals surface area contributed by atoms with Gasteiger partial charge in [-0.15, -0.1) is 0 Å². The van der Waals surface area contributed by atoms with Crippen LogP contribution in [0.25, 0.3) is 0 Å². The molecule has 0 N–H and O–H groups in total. The molecule has 0 spiro atoms. The Balaban J connectivity index is 1.76. The van der Waals surface area contributed by atoms with Crippen LogP contribution in [-0.2, 0) is 25.7 Å². The van der Waals surface area contributed by atoms with Crippen molar-refractivity contribution in [3.63, 3.8) is 0 Å². The van der Waals surface area contributed by atoms with Gasteiger partial charge in [0.15, 0.2) is 29.1 Å². The van der Waals surface area contributed by atoms with Gasteiger partial charge in [0.1, 0.15) is 6.61 Å². The molecule has 3 aromatic carbocycles. The predicted molar refractivity (Wildman–Crippen MR) is 140 cm³/mol. The molecule has 0 radical (unpaired) electrons. The summed E-state index contributed by atoms with van der Waals surface area (Å²) in [6.45, 7) is 0.282. The lowest BCUT2D eigenvalue weighted by Gasteiger charge is -2.46. The maximum absolute atomic E-state index is 13.3. The largest absolute Gasteiger partial charge is 0.493 e. The van der Waals surface area contributed by atoms with E-state index in [1.807, 2.05) is 30.3 Å². The van der Waals surface area contributed by atoms with E-state index in [1.54, 1.807) is 30.3 Å². The molecule has 1 aliphatic heterocycles. The van der Waals surface area contributed by atoms with Gasteiger partial charge >= 0.3 is 0 Å². The number of methoxy groups -OCH3 is 4. The number of anilines is 1. The molecule has 202 valence electrons. The molecule has 38 heavy (non-hydrogen) atoms. The van der Waals surface area contributed by atoms with Crippen LogP contribution in [0.15, 0.2) is 60.7 Å². The van der Waals surface area contributed by atoms with Crippen molar-refractivity contribution in [2.45, 2.75) is 18.8 Å². The van der Waals surface area contributed by atoms with Crippen molar-refractivity contribution in [3.8, 4) is 28.7 Å². The van der Waals surface area contributed by atoms with Gasteiger partial charge in [-0.1, -0.05) is 36.4 Å². The standard InChI is InChI=1S/C27H29NO9S/c1-32-20-12-11-18(13-21(20)36-16-17-9-7-6-8-10-17)24-26(37-38(5,30)31)27(29)28(24)19-14-22(33-2)25(35-4)23(15-19)34-3/h6-15,24,26H,16H2,1-5H3. The SMILES string of the molecule is COc1ccc(C2C(OS(C)(=O)=O)C(=O)N2c2cc(OC)c(OC)c(OC)c2)cc1OCc1ccccc1. The minimum Gasteiger partial charge on any atom is -0.493 e. The lowest BCUT2D eigenvalue weighted by atomic mass is 9.89. The van der Waals surface area contributed by atoms with Gasteiger partial charge in [-0.05, 0) is 23.3 Å². The molecule has 10 nitrogen and oxygen atoms in total. The van der Waals surface area contributed by atoms with Crippen molar-refractivity contribution in [2.75, 3.05) is 39.6 Å². The lowest BCUT2D eigenvalue weighted by Crippen LogP contribution is -2.60. The average molecular weight is 544 g/mol. The van der Waals surface area contributed by atoms with Crippen molar-refractivity contribution in [1.29, 1.82) is 0 Å². The Morgan fingerprint density at radius 3 is 1.97 bits per heavy atom. The first-order valence-electron chi connectivity index (χ1n) is 11.6.